The van der Waals surface area contributed by atoms with Gasteiger partial charge in [-0.15, -0.1) is 11.3 Å². The second-order valence-electron chi connectivity index (χ2n) is 6.05. The van der Waals surface area contributed by atoms with Crippen LogP contribution in [0, 0.1) is 24.4 Å². The highest BCUT2D eigenvalue weighted by molar-refractivity contribution is 7.14. The predicted molar refractivity (Wildman–Crippen MR) is 102 cm³/mol. The van der Waals surface area contributed by atoms with Gasteiger partial charge in [-0.2, -0.15) is 4.39 Å². The Morgan fingerprint density at radius 1 is 1.14 bits per heavy atom. The van der Waals surface area contributed by atoms with Crippen LogP contribution in [0.1, 0.15) is 26.3 Å². The first-order chi connectivity index (χ1) is 13.7. The Bertz CT molecular complexity index is 1130. The van der Waals surface area contributed by atoms with E-state index >= 15 is 0 Å². The molecular formula is C20H14F3NO4S. The van der Waals surface area contributed by atoms with Gasteiger partial charge in [0.1, 0.15) is 5.56 Å². The molecule has 0 atom stereocenters. The summed E-state index contributed by atoms with van der Waals surface area (Å²) in [6, 6.07) is 7.49. The number of hydrogen-bond donors (Lipinski definition) is 2. The van der Waals surface area contributed by atoms with Gasteiger partial charge in [-0.1, -0.05) is 29.8 Å². The quantitative estimate of drug-likeness (QED) is 0.562. The van der Waals surface area contributed by atoms with E-state index in [-0.39, 0.29) is 11.3 Å². The SMILES string of the molecule is COc1c(F)c(F)cc(C(=O)Nc2csc(-c3cccc(C)c3)c2C(=O)O)c1F. The molecule has 0 saturated heterocycles. The van der Waals surface area contributed by atoms with Gasteiger partial charge in [0.25, 0.3) is 5.91 Å². The second-order valence-corrected chi connectivity index (χ2v) is 6.93. The number of aryl methyl sites for hydroxylation is 1. The number of nitrogens with one attached hydrogen (secondary N) is 1. The fraction of sp³-hybridized carbons (Fsp3) is 0.100. The summed E-state index contributed by atoms with van der Waals surface area (Å²) >= 11 is 1.07. The van der Waals surface area contributed by atoms with E-state index in [0.29, 0.717) is 16.5 Å². The number of carbonyl (C=O) groups is 2. The van der Waals surface area contributed by atoms with E-state index in [1.54, 1.807) is 18.2 Å². The number of amides is 1. The van der Waals surface area contributed by atoms with Gasteiger partial charge < -0.3 is 15.2 Å². The molecule has 0 bridgehead atoms. The van der Waals surface area contributed by atoms with E-state index in [2.05, 4.69) is 10.1 Å². The maximum Gasteiger partial charge on any atom is 0.339 e. The molecule has 2 aromatic carbocycles. The molecule has 150 valence electrons. The zero-order valence-corrected chi connectivity index (χ0v) is 16.0. The van der Waals surface area contributed by atoms with Crippen LogP contribution in [0.25, 0.3) is 10.4 Å². The number of carboxylic acid groups (broad SMARTS) is 1. The Hall–Kier alpha value is -3.33. The molecule has 0 spiro atoms. The van der Waals surface area contributed by atoms with Crippen LogP contribution in [-0.4, -0.2) is 24.1 Å². The first kappa shape index (κ1) is 20.4. The van der Waals surface area contributed by atoms with Crippen LogP contribution in [0.5, 0.6) is 5.75 Å². The molecule has 0 unspecified atom stereocenters. The highest BCUT2D eigenvalue weighted by Gasteiger charge is 2.26. The van der Waals surface area contributed by atoms with Crippen molar-refractivity contribution >= 4 is 28.9 Å². The fourth-order valence-corrected chi connectivity index (χ4v) is 3.77. The average Bonchev–Trinajstić information content (AvgIpc) is 3.09. The summed E-state index contributed by atoms with van der Waals surface area (Å²) < 4.78 is 46.1. The van der Waals surface area contributed by atoms with Crippen LogP contribution in [-0.2, 0) is 0 Å². The molecule has 1 amide bonds. The van der Waals surface area contributed by atoms with E-state index < -0.39 is 40.6 Å². The van der Waals surface area contributed by atoms with Crippen molar-refractivity contribution in [3.63, 3.8) is 0 Å². The number of ether oxygens (including phenoxy) is 1. The summed E-state index contributed by atoms with van der Waals surface area (Å²) in [6.07, 6.45) is 0. The summed E-state index contributed by atoms with van der Waals surface area (Å²) in [4.78, 5) is 24.6. The van der Waals surface area contributed by atoms with Crippen LogP contribution in [0.15, 0.2) is 35.7 Å². The first-order valence-corrected chi connectivity index (χ1v) is 9.07. The van der Waals surface area contributed by atoms with Gasteiger partial charge in [-0.3, -0.25) is 4.79 Å². The van der Waals surface area contributed by atoms with Gasteiger partial charge >= 0.3 is 5.97 Å². The molecule has 5 nitrogen and oxygen atoms in total. The molecule has 3 rings (SSSR count). The largest absolute Gasteiger partial charge is 0.491 e. The minimum Gasteiger partial charge on any atom is -0.491 e. The number of benzene rings is 2. The van der Waals surface area contributed by atoms with Gasteiger partial charge in [0.05, 0.1) is 23.2 Å². The molecule has 1 heterocycles. The summed E-state index contributed by atoms with van der Waals surface area (Å²) in [7, 11) is 0.929. The van der Waals surface area contributed by atoms with Gasteiger partial charge in [0.2, 0.25) is 5.82 Å². The highest BCUT2D eigenvalue weighted by Crippen LogP contribution is 2.37. The van der Waals surface area contributed by atoms with E-state index in [0.717, 1.165) is 24.0 Å². The van der Waals surface area contributed by atoms with Crippen LogP contribution >= 0.6 is 11.3 Å². The van der Waals surface area contributed by atoms with Crippen molar-refractivity contribution in [1.82, 2.24) is 0 Å². The van der Waals surface area contributed by atoms with Crippen LogP contribution in [0.4, 0.5) is 18.9 Å². The van der Waals surface area contributed by atoms with E-state index in [4.69, 9.17) is 0 Å². The average molecular weight is 421 g/mol. The Morgan fingerprint density at radius 2 is 1.86 bits per heavy atom. The third-order valence-corrected chi connectivity index (χ3v) is 5.13. The number of aromatic carboxylic acids is 1. The van der Waals surface area contributed by atoms with Crippen molar-refractivity contribution in [3.05, 3.63) is 69.9 Å². The standard InChI is InChI=1S/C20H14F3NO4S/c1-9-4-3-5-10(6-9)18-14(20(26)27)13(8-29-18)24-19(25)11-7-12(21)16(23)17(28-2)15(11)22/h3-8H,1-2H3,(H,24,25)(H,26,27). The lowest BCUT2D eigenvalue weighted by Gasteiger charge is -2.10. The molecule has 0 aliphatic carbocycles. The number of carboxylic acids is 1. The van der Waals surface area contributed by atoms with Gasteiger partial charge in [0.15, 0.2) is 17.4 Å². The number of methoxy groups -OCH3 is 1. The van der Waals surface area contributed by atoms with E-state index in [9.17, 15) is 27.9 Å². The topological polar surface area (TPSA) is 75.6 Å². The summed E-state index contributed by atoms with van der Waals surface area (Å²) in [5.41, 5.74) is 0.443. The molecule has 0 radical (unpaired) electrons. The highest BCUT2D eigenvalue weighted by atomic mass is 32.1. The first-order valence-electron chi connectivity index (χ1n) is 8.19. The Labute approximate surface area is 167 Å². The summed E-state index contributed by atoms with van der Waals surface area (Å²) in [5.74, 6) is -7.92. The van der Waals surface area contributed by atoms with Crippen molar-refractivity contribution in [1.29, 1.82) is 0 Å². The molecule has 2 N–H and O–H groups in total. The lowest BCUT2D eigenvalue weighted by atomic mass is 10.1. The van der Waals surface area contributed by atoms with Gasteiger partial charge in [-0.25, -0.2) is 13.6 Å². The summed E-state index contributed by atoms with van der Waals surface area (Å²) in [6.45, 7) is 1.85. The Kier molecular flexibility index (Phi) is 5.60. The van der Waals surface area contributed by atoms with Crippen LogP contribution < -0.4 is 10.1 Å². The number of hydrogen-bond acceptors (Lipinski definition) is 4. The van der Waals surface area contributed by atoms with Crippen molar-refractivity contribution in [2.24, 2.45) is 0 Å². The Balaban J connectivity index is 2.03. The molecule has 3 aromatic rings. The number of halogens is 3. The van der Waals surface area contributed by atoms with Crippen molar-refractivity contribution in [2.45, 2.75) is 6.92 Å². The van der Waals surface area contributed by atoms with Gasteiger partial charge in [0, 0.05) is 5.38 Å². The molecule has 29 heavy (non-hydrogen) atoms. The molecule has 0 aliphatic heterocycles. The normalized spacial score (nSPS) is 10.7. The monoisotopic (exact) mass is 421 g/mol. The lowest BCUT2D eigenvalue weighted by Crippen LogP contribution is -2.17. The van der Waals surface area contributed by atoms with Crippen LogP contribution in [0.2, 0.25) is 0 Å². The lowest BCUT2D eigenvalue weighted by molar-refractivity contribution is 0.0699. The zero-order chi connectivity index (χ0) is 21.3. The molecule has 0 aliphatic rings. The molecule has 9 heteroatoms. The minimum atomic E-state index is -1.56. The maximum absolute atomic E-state index is 14.3. The smallest absolute Gasteiger partial charge is 0.339 e. The number of anilines is 1. The number of carbonyl (C=O) groups excluding carboxylic acids is 1. The zero-order valence-electron chi connectivity index (χ0n) is 15.2. The molecule has 1 aromatic heterocycles. The maximum atomic E-state index is 14.3. The third-order valence-electron chi connectivity index (χ3n) is 4.10. The number of thiophene rings is 1. The Morgan fingerprint density at radius 3 is 2.48 bits per heavy atom. The number of rotatable bonds is 5. The van der Waals surface area contributed by atoms with Crippen LogP contribution in [0.3, 0.4) is 0 Å². The predicted octanol–water partition coefficient (Wildman–Crippen LogP) is 5.10. The van der Waals surface area contributed by atoms with Crippen molar-refractivity contribution < 1.29 is 32.6 Å². The van der Waals surface area contributed by atoms with Crippen molar-refractivity contribution in [3.8, 4) is 16.2 Å². The second kappa shape index (κ2) is 7.96. The van der Waals surface area contributed by atoms with Gasteiger partial charge in [-0.05, 0) is 18.6 Å². The molecule has 0 fully saturated rings. The minimum absolute atomic E-state index is 0.0906. The van der Waals surface area contributed by atoms with E-state index in [1.165, 1.54) is 5.38 Å². The van der Waals surface area contributed by atoms with E-state index in [1.807, 2.05) is 13.0 Å². The molecular weight excluding hydrogens is 407 g/mol. The van der Waals surface area contributed by atoms with Crippen molar-refractivity contribution in [2.75, 3.05) is 12.4 Å². The third kappa shape index (κ3) is 3.81. The molecule has 0 saturated carbocycles. The summed E-state index contributed by atoms with van der Waals surface area (Å²) in [5, 5.41) is 13.3. The fourth-order valence-electron chi connectivity index (χ4n) is 2.78.